The van der Waals surface area contributed by atoms with E-state index in [0.717, 1.165) is 5.56 Å². The number of aryl methyl sites for hydroxylation is 1. The van der Waals surface area contributed by atoms with Gasteiger partial charge in [0.2, 0.25) is 0 Å². The molecule has 6 rings (SSSR count). The number of non-ortho nitro benzene ring substituents is 1. The van der Waals surface area contributed by atoms with E-state index in [1.165, 1.54) is 12.1 Å². The lowest BCUT2D eigenvalue weighted by molar-refractivity contribution is -0.385. The highest BCUT2D eigenvalue weighted by Gasteiger charge is 2.66. The topological polar surface area (TPSA) is 173 Å². The lowest BCUT2D eigenvalue weighted by atomic mass is 9.82. The summed E-state index contributed by atoms with van der Waals surface area (Å²) in [5.41, 5.74) is 1.24. The minimum Gasteiger partial charge on any atom is -0.432 e. The Morgan fingerprint density at radius 1 is 1.12 bits per heavy atom. The van der Waals surface area contributed by atoms with Crippen molar-refractivity contribution < 1.29 is 29.2 Å². The van der Waals surface area contributed by atoms with Crippen LogP contribution in [0.2, 0.25) is 18.6 Å². The fraction of sp³-hybridized carbons (Fsp3) is 0.353. The quantitative estimate of drug-likeness (QED) is 0.119. The molecule has 0 bridgehead atoms. The Hall–Kier alpha value is -4.76. The number of benzene rings is 3. The van der Waals surface area contributed by atoms with Crippen LogP contribution in [0, 0.1) is 16.0 Å². The highest BCUT2D eigenvalue weighted by Crippen LogP contribution is 2.60. The molecule has 4 aromatic rings. The van der Waals surface area contributed by atoms with E-state index in [1.54, 1.807) is 64.3 Å². The summed E-state index contributed by atoms with van der Waals surface area (Å²) in [6.07, 6.45) is 1.99. The van der Waals surface area contributed by atoms with Gasteiger partial charge in [-0.05, 0) is 55.4 Å². The molecule has 13 nitrogen and oxygen atoms in total. The van der Waals surface area contributed by atoms with Gasteiger partial charge in [0.05, 0.1) is 29.0 Å². The number of aromatic nitrogens is 3. The largest absolute Gasteiger partial charge is 0.432 e. The van der Waals surface area contributed by atoms with E-state index >= 15 is 0 Å². The van der Waals surface area contributed by atoms with Gasteiger partial charge in [-0.3, -0.25) is 24.4 Å². The van der Waals surface area contributed by atoms with Gasteiger partial charge in [-0.1, -0.05) is 42.5 Å². The number of amides is 2. The number of anilines is 2. The Morgan fingerprint density at radius 3 is 2.60 bits per heavy atom. The van der Waals surface area contributed by atoms with Crippen molar-refractivity contribution in [2.75, 3.05) is 16.8 Å². The smallest absolute Gasteiger partial charge is 0.269 e. The predicted molar refractivity (Wildman–Crippen MR) is 180 cm³/mol. The maximum Gasteiger partial charge on any atom is 0.269 e. The van der Waals surface area contributed by atoms with Gasteiger partial charge in [-0.25, -0.2) is 0 Å². The first kappa shape index (κ1) is 33.1. The van der Waals surface area contributed by atoms with Gasteiger partial charge in [0.25, 0.3) is 17.5 Å². The predicted octanol–water partition coefficient (Wildman–Crippen LogP) is 4.41. The van der Waals surface area contributed by atoms with Crippen LogP contribution in [0.1, 0.15) is 40.5 Å². The van der Waals surface area contributed by atoms with E-state index in [2.05, 4.69) is 15.6 Å². The van der Waals surface area contributed by atoms with E-state index in [-0.39, 0.29) is 36.2 Å². The lowest BCUT2D eigenvalue weighted by Gasteiger charge is -2.32. The Balaban J connectivity index is 1.33. The average Bonchev–Trinajstić information content (AvgIpc) is 3.70. The number of aliphatic hydroxyl groups excluding tert-OH is 1. The van der Waals surface area contributed by atoms with Crippen molar-refractivity contribution >= 4 is 37.2 Å². The summed E-state index contributed by atoms with van der Waals surface area (Å²) in [5.74, 6) is -1.14. The van der Waals surface area contributed by atoms with E-state index in [0.29, 0.717) is 47.6 Å². The molecule has 3 heterocycles. The van der Waals surface area contributed by atoms with Crippen LogP contribution < -0.4 is 10.2 Å². The molecule has 1 saturated heterocycles. The standard InChI is InChI=1S/C34H38N6O7Si/c1-22-31(48(2,3)46)30(14-16-38-21-26(15-17-41)36-37-38)47-34(22)28-19-27(40(44)45)12-13-29(28)39(33(34)43)20-23-8-7-11-25(18-23)35-32(42)24-9-5-4-6-10-24/h4-13,18-19,21-22,30-31,41,46H,14-17,20H2,1-3H3,(H,35,42)/t22-,30+,31-,34+/m0/s1. The highest BCUT2D eigenvalue weighted by atomic mass is 28.4. The minimum atomic E-state index is -2.97. The third kappa shape index (κ3) is 6.14. The number of aliphatic hydroxyl groups is 1. The molecule has 0 saturated carbocycles. The zero-order valence-electron chi connectivity index (χ0n) is 26.9. The van der Waals surface area contributed by atoms with Crippen molar-refractivity contribution in [2.24, 2.45) is 5.92 Å². The van der Waals surface area contributed by atoms with Crippen molar-refractivity contribution in [3.05, 3.63) is 111 Å². The highest BCUT2D eigenvalue weighted by molar-refractivity contribution is 6.71. The van der Waals surface area contributed by atoms with Gasteiger partial charge < -0.3 is 24.9 Å². The molecule has 1 fully saturated rings. The summed E-state index contributed by atoms with van der Waals surface area (Å²) in [4.78, 5) is 52.1. The fourth-order valence-corrected chi connectivity index (χ4v) is 9.87. The third-order valence-electron chi connectivity index (χ3n) is 9.34. The Morgan fingerprint density at radius 2 is 1.90 bits per heavy atom. The monoisotopic (exact) mass is 670 g/mol. The van der Waals surface area contributed by atoms with E-state index < -0.39 is 30.9 Å². The number of hydrogen-bond acceptors (Lipinski definition) is 9. The van der Waals surface area contributed by atoms with E-state index in [4.69, 9.17) is 4.74 Å². The summed E-state index contributed by atoms with van der Waals surface area (Å²) in [5, 5.41) is 32.3. The Bertz CT molecular complexity index is 1840. The molecule has 0 aliphatic carbocycles. The summed E-state index contributed by atoms with van der Waals surface area (Å²) in [6.45, 7) is 5.99. The van der Waals surface area contributed by atoms with E-state index in [9.17, 15) is 29.6 Å². The normalized spacial score (nSPS) is 21.9. The van der Waals surface area contributed by atoms with Gasteiger partial charge in [0.1, 0.15) is 0 Å². The maximum atomic E-state index is 14.7. The van der Waals surface area contributed by atoms with Crippen molar-refractivity contribution in [3.8, 4) is 0 Å². The molecule has 2 aliphatic rings. The molecule has 48 heavy (non-hydrogen) atoms. The lowest BCUT2D eigenvalue weighted by Crippen LogP contribution is -2.46. The number of hydrogen-bond donors (Lipinski definition) is 3. The van der Waals surface area contributed by atoms with Crippen LogP contribution in [0.4, 0.5) is 17.1 Å². The third-order valence-corrected chi connectivity index (χ3v) is 11.8. The SMILES string of the molecule is C[C@H]1[C@H]([Si](C)(C)O)[C@@H](CCn2cc(CCO)nn2)O[C@]12C(=O)N(Cc1cccc(NC(=O)c3ccccc3)c1)c1ccc([N+](=O)[O-])cc12. The van der Waals surface area contributed by atoms with Crippen LogP contribution in [0.25, 0.3) is 0 Å². The van der Waals surface area contributed by atoms with Crippen molar-refractivity contribution in [3.63, 3.8) is 0 Å². The number of fused-ring (bicyclic) bond motifs is 2. The maximum absolute atomic E-state index is 14.7. The van der Waals surface area contributed by atoms with Crippen LogP contribution in [0.5, 0.6) is 0 Å². The van der Waals surface area contributed by atoms with Crippen molar-refractivity contribution in [1.82, 2.24) is 15.0 Å². The second-order valence-electron chi connectivity index (χ2n) is 13.0. The number of nitrogens with zero attached hydrogens (tertiary/aromatic N) is 5. The summed E-state index contributed by atoms with van der Waals surface area (Å²) >= 11 is 0. The number of nitrogens with one attached hydrogen (secondary N) is 1. The molecule has 0 radical (unpaired) electrons. The molecule has 1 spiro atoms. The van der Waals surface area contributed by atoms with Crippen LogP contribution >= 0.6 is 0 Å². The first-order valence-corrected chi connectivity index (χ1v) is 18.9. The molecule has 2 aliphatic heterocycles. The molecule has 14 heteroatoms. The first-order valence-electron chi connectivity index (χ1n) is 15.9. The molecule has 250 valence electrons. The van der Waals surface area contributed by atoms with Gasteiger partial charge in [-0.15, -0.1) is 5.10 Å². The van der Waals surface area contributed by atoms with Gasteiger partial charge in [0, 0.05) is 66.2 Å². The number of carbonyl (C=O) groups is 2. The summed E-state index contributed by atoms with van der Waals surface area (Å²) < 4.78 is 8.46. The van der Waals surface area contributed by atoms with Gasteiger partial charge in [-0.2, -0.15) is 0 Å². The number of nitro groups is 1. The Kier molecular flexibility index (Phi) is 9.00. The summed E-state index contributed by atoms with van der Waals surface area (Å²) in [7, 11) is -2.97. The van der Waals surface area contributed by atoms with Crippen LogP contribution in [-0.4, -0.2) is 62.7 Å². The second kappa shape index (κ2) is 13.0. The average molecular weight is 671 g/mol. The number of rotatable bonds is 11. The molecule has 1 aromatic heterocycles. The number of carbonyl (C=O) groups excluding carboxylic acids is 2. The van der Waals surface area contributed by atoms with Crippen LogP contribution in [0.15, 0.2) is 79.0 Å². The molecule has 3 N–H and O–H groups in total. The molecular formula is C34H38N6O7Si. The fourth-order valence-electron chi connectivity index (χ4n) is 7.27. The first-order chi connectivity index (χ1) is 22.9. The number of ether oxygens (including phenoxy) is 1. The molecule has 3 aromatic carbocycles. The second-order valence-corrected chi connectivity index (χ2v) is 16.9. The molecule has 2 amide bonds. The molecule has 0 unspecified atom stereocenters. The van der Waals surface area contributed by atoms with Gasteiger partial charge >= 0.3 is 0 Å². The van der Waals surface area contributed by atoms with Gasteiger partial charge in [0.15, 0.2) is 13.9 Å². The van der Waals surface area contributed by atoms with E-state index in [1.807, 2.05) is 32.2 Å². The number of nitro benzene ring substituents is 1. The molecule has 4 atom stereocenters. The van der Waals surface area contributed by atoms with Crippen LogP contribution in [0.3, 0.4) is 0 Å². The zero-order valence-corrected chi connectivity index (χ0v) is 27.9. The summed E-state index contributed by atoms with van der Waals surface area (Å²) in [6, 6.07) is 20.4. The van der Waals surface area contributed by atoms with Crippen molar-refractivity contribution in [1.29, 1.82) is 0 Å². The Labute approximate surface area is 278 Å². The van der Waals surface area contributed by atoms with Crippen LogP contribution in [-0.2, 0) is 34.6 Å². The van der Waals surface area contributed by atoms with Crippen molar-refractivity contribution in [2.45, 2.75) is 63.2 Å². The zero-order chi connectivity index (χ0) is 34.2. The minimum absolute atomic E-state index is 0.0480. The molecular weight excluding hydrogens is 632 g/mol.